The SMILES string of the molecule is CC1CCCN(S(=O)(=O)c2cc(C(=O)Nc3ccc(F)c(F)c3)ccc2Cl)C1. The molecule has 1 N–H and O–H groups in total. The van der Waals surface area contributed by atoms with Gasteiger partial charge in [0.1, 0.15) is 4.90 Å². The highest BCUT2D eigenvalue weighted by Gasteiger charge is 2.31. The number of hydrogen-bond acceptors (Lipinski definition) is 3. The van der Waals surface area contributed by atoms with Crippen molar-refractivity contribution in [3.05, 3.63) is 58.6 Å². The number of anilines is 1. The zero-order valence-corrected chi connectivity index (χ0v) is 16.7. The number of carbonyl (C=O) groups is 1. The topological polar surface area (TPSA) is 66.5 Å². The molecule has 0 saturated carbocycles. The van der Waals surface area contributed by atoms with E-state index in [1.54, 1.807) is 0 Å². The smallest absolute Gasteiger partial charge is 0.255 e. The Hall–Kier alpha value is -2.03. The maximum atomic E-state index is 13.3. The van der Waals surface area contributed by atoms with E-state index < -0.39 is 27.6 Å². The van der Waals surface area contributed by atoms with E-state index in [9.17, 15) is 22.0 Å². The molecule has 1 heterocycles. The van der Waals surface area contributed by atoms with Crippen LogP contribution in [-0.2, 0) is 10.0 Å². The van der Waals surface area contributed by atoms with Gasteiger partial charge in [-0.15, -0.1) is 0 Å². The second-order valence-corrected chi connectivity index (χ2v) is 9.15. The zero-order chi connectivity index (χ0) is 20.5. The van der Waals surface area contributed by atoms with Crippen LogP contribution < -0.4 is 5.32 Å². The van der Waals surface area contributed by atoms with Crippen LogP contribution in [0.5, 0.6) is 0 Å². The summed E-state index contributed by atoms with van der Waals surface area (Å²) < 4.78 is 53.7. The number of hydrogen-bond donors (Lipinski definition) is 1. The minimum Gasteiger partial charge on any atom is -0.322 e. The number of sulfonamides is 1. The summed E-state index contributed by atoms with van der Waals surface area (Å²) in [6.07, 6.45) is 1.71. The molecule has 1 unspecified atom stereocenters. The van der Waals surface area contributed by atoms with Crippen molar-refractivity contribution in [1.82, 2.24) is 4.31 Å². The van der Waals surface area contributed by atoms with Crippen molar-refractivity contribution in [2.75, 3.05) is 18.4 Å². The van der Waals surface area contributed by atoms with Gasteiger partial charge in [0.15, 0.2) is 11.6 Å². The molecule has 0 radical (unpaired) electrons. The first-order valence-electron chi connectivity index (χ1n) is 8.74. The van der Waals surface area contributed by atoms with Crippen LogP contribution in [0.1, 0.15) is 30.1 Å². The fraction of sp³-hybridized carbons (Fsp3) is 0.316. The molecule has 9 heteroatoms. The number of rotatable bonds is 4. The Bertz CT molecular complexity index is 1010. The summed E-state index contributed by atoms with van der Waals surface area (Å²) in [6.45, 7) is 2.77. The van der Waals surface area contributed by atoms with E-state index in [1.165, 1.54) is 28.6 Å². The van der Waals surface area contributed by atoms with Gasteiger partial charge in [0.2, 0.25) is 10.0 Å². The minimum atomic E-state index is -3.86. The van der Waals surface area contributed by atoms with Crippen LogP contribution >= 0.6 is 11.6 Å². The molecular formula is C19H19ClF2N2O3S. The van der Waals surface area contributed by atoms with Crippen molar-refractivity contribution >= 4 is 33.2 Å². The summed E-state index contributed by atoms with van der Waals surface area (Å²) in [5, 5.41) is 2.43. The molecule has 1 aliphatic heterocycles. The first-order valence-corrected chi connectivity index (χ1v) is 10.6. The molecule has 28 heavy (non-hydrogen) atoms. The van der Waals surface area contributed by atoms with Gasteiger partial charge in [0.05, 0.1) is 5.02 Å². The van der Waals surface area contributed by atoms with Crippen LogP contribution in [-0.4, -0.2) is 31.7 Å². The molecule has 0 bridgehead atoms. The Morgan fingerprint density at radius 1 is 1.18 bits per heavy atom. The number of benzene rings is 2. The predicted molar refractivity (Wildman–Crippen MR) is 103 cm³/mol. The lowest BCUT2D eigenvalue weighted by Gasteiger charge is -2.30. The average Bonchev–Trinajstić information content (AvgIpc) is 2.65. The molecule has 5 nitrogen and oxygen atoms in total. The van der Waals surface area contributed by atoms with Gasteiger partial charge in [-0.2, -0.15) is 4.31 Å². The minimum absolute atomic E-state index is 0.0163. The van der Waals surface area contributed by atoms with E-state index in [1.807, 2.05) is 6.92 Å². The van der Waals surface area contributed by atoms with Crippen LogP contribution in [0.15, 0.2) is 41.3 Å². The van der Waals surface area contributed by atoms with Gasteiger partial charge in [0.25, 0.3) is 5.91 Å². The normalized spacial score (nSPS) is 18.1. The highest BCUT2D eigenvalue weighted by atomic mass is 35.5. The number of nitrogens with one attached hydrogen (secondary N) is 1. The van der Waals surface area contributed by atoms with Gasteiger partial charge in [-0.25, -0.2) is 17.2 Å². The molecule has 3 rings (SSSR count). The summed E-state index contributed by atoms with van der Waals surface area (Å²) in [4.78, 5) is 12.3. The maximum Gasteiger partial charge on any atom is 0.255 e. The molecule has 0 aliphatic carbocycles. The van der Waals surface area contributed by atoms with E-state index in [0.717, 1.165) is 25.0 Å². The van der Waals surface area contributed by atoms with Gasteiger partial charge >= 0.3 is 0 Å². The molecule has 0 aromatic heterocycles. The third kappa shape index (κ3) is 4.34. The van der Waals surface area contributed by atoms with Crippen LogP contribution in [0.25, 0.3) is 0 Å². The van der Waals surface area contributed by atoms with Crippen LogP contribution in [0, 0.1) is 17.6 Å². The van der Waals surface area contributed by atoms with Crippen molar-refractivity contribution in [3.8, 4) is 0 Å². The molecule has 1 fully saturated rings. The van der Waals surface area contributed by atoms with Gasteiger partial charge < -0.3 is 5.32 Å². The molecule has 150 valence electrons. The van der Waals surface area contributed by atoms with E-state index >= 15 is 0 Å². The molecule has 1 aliphatic rings. The quantitative estimate of drug-likeness (QED) is 0.789. The molecule has 1 saturated heterocycles. The Balaban J connectivity index is 1.88. The second kappa shape index (κ2) is 8.14. The van der Waals surface area contributed by atoms with E-state index in [-0.39, 0.29) is 27.1 Å². The van der Waals surface area contributed by atoms with E-state index in [4.69, 9.17) is 11.6 Å². The largest absolute Gasteiger partial charge is 0.322 e. The summed E-state index contributed by atoms with van der Waals surface area (Å²) in [5.41, 5.74) is 0.0888. The molecule has 0 spiro atoms. The lowest BCUT2D eigenvalue weighted by Crippen LogP contribution is -2.39. The lowest BCUT2D eigenvalue weighted by atomic mass is 10.0. The van der Waals surface area contributed by atoms with Crippen molar-refractivity contribution in [2.24, 2.45) is 5.92 Å². The van der Waals surface area contributed by atoms with Crippen molar-refractivity contribution in [1.29, 1.82) is 0 Å². The number of halogens is 3. The number of piperidine rings is 1. The Labute approximate surface area is 167 Å². The predicted octanol–water partition coefficient (Wildman–Crippen LogP) is 4.29. The third-order valence-electron chi connectivity index (χ3n) is 4.61. The van der Waals surface area contributed by atoms with Crippen molar-refractivity contribution in [2.45, 2.75) is 24.7 Å². The summed E-state index contributed by atoms with van der Waals surface area (Å²) in [7, 11) is -3.86. The molecule has 2 aromatic rings. The van der Waals surface area contributed by atoms with Gasteiger partial charge in [0, 0.05) is 30.4 Å². The number of nitrogens with zero attached hydrogens (tertiary/aromatic N) is 1. The van der Waals surface area contributed by atoms with Crippen molar-refractivity contribution in [3.63, 3.8) is 0 Å². The summed E-state index contributed by atoms with van der Waals surface area (Å²) in [6, 6.07) is 6.85. The molecule has 1 atom stereocenters. The zero-order valence-electron chi connectivity index (χ0n) is 15.1. The van der Waals surface area contributed by atoms with E-state index in [0.29, 0.717) is 13.1 Å². The molecule has 2 aromatic carbocycles. The Morgan fingerprint density at radius 2 is 1.93 bits per heavy atom. The Kier molecular flexibility index (Phi) is 6.02. The number of amides is 1. The van der Waals surface area contributed by atoms with Crippen LogP contribution in [0.4, 0.5) is 14.5 Å². The van der Waals surface area contributed by atoms with Gasteiger partial charge in [-0.1, -0.05) is 18.5 Å². The average molecular weight is 429 g/mol. The molecular weight excluding hydrogens is 410 g/mol. The van der Waals surface area contributed by atoms with Crippen LogP contribution in [0.3, 0.4) is 0 Å². The first kappa shape index (κ1) is 20.7. The van der Waals surface area contributed by atoms with Crippen LogP contribution in [0.2, 0.25) is 5.02 Å². The van der Waals surface area contributed by atoms with E-state index in [2.05, 4.69) is 5.32 Å². The monoisotopic (exact) mass is 428 g/mol. The fourth-order valence-electron chi connectivity index (χ4n) is 3.12. The van der Waals surface area contributed by atoms with Gasteiger partial charge in [-0.05, 0) is 49.1 Å². The first-order chi connectivity index (χ1) is 13.2. The second-order valence-electron chi connectivity index (χ2n) is 6.84. The standard InChI is InChI=1S/C19H19ClF2N2O3S/c1-12-3-2-8-24(11-12)28(26,27)18-9-13(4-6-15(18)20)19(25)23-14-5-7-16(21)17(22)10-14/h4-7,9-10,12H,2-3,8,11H2,1H3,(H,23,25). The summed E-state index contributed by atoms with van der Waals surface area (Å²) in [5.74, 6) is -2.56. The fourth-order valence-corrected chi connectivity index (χ4v) is 5.22. The van der Waals surface area contributed by atoms with Gasteiger partial charge in [-0.3, -0.25) is 4.79 Å². The Morgan fingerprint density at radius 3 is 2.61 bits per heavy atom. The number of carbonyl (C=O) groups excluding carboxylic acids is 1. The summed E-state index contributed by atoms with van der Waals surface area (Å²) >= 11 is 6.11. The maximum absolute atomic E-state index is 13.3. The van der Waals surface area contributed by atoms with Crippen molar-refractivity contribution < 1.29 is 22.0 Å². The third-order valence-corrected chi connectivity index (χ3v) is 6.96. The highest BCUT2D eigenvalue weighted by Crippen LogP contribution is 2.29. The lowest BCUT2D eigenvalue weighted by molar-refractivity contribution is 0.102. The highest BCUT2D eigenvalue weighted by molar-refractivity contribution is 7.89. The molecule has 1 amide bonds.